The van der Waals surface area contributed by atoms with E-state index in [0.717, 1.165) is 10.5 Å². The SMILES string of the molecule is CN(C)c1ccc(-c2nc3ccc4ccccc4c3s2)cc1. The summed E-state index contributed by atoms with van der Waals surface area (Å²) >= 11 is 1.77. The van der Waals surface area contributed by atoms with Crippen LogP contribution in [0.4, 0.5) is 5.69 Å². The molecule has 0 radical (unpaired) electrons. The first kappa shape index (κ1) is 13.3. The van der Waals surface area contributed by atoms with Gasteiger partial charge in [-0.05, 0) is 35.7 Å². The van der Waals surface area contributed by atoms with Crippen molar-refractivity contribution in [2.75, 3.05) is 19.0 Å². The summed E-state index contributed by atoms with van der Waals surface area (Å²) < 4.78 is 1.27. The molecule has 0 bridgehead atoms. The van der Waals surface area contributed by atoms with Crippen molar-refractivity contribution in [2.45, 2.75) is 0 Å². The van der Waals surface area contributed by atoms with E-state index < -0.39 is 0 Å². The Balaban J connectivity index is 1.87. The molecular formula is C19H16N2S. The molecule has 3 heteroatoms. The fraction of sp³-hybridized carbons (Fsp3) is 0.105. The number of nitrogens with zero attached hydrogens (tertiary/aromatic N) is 2. The molecule has 4 rings (SSSR count). The van der Waals surface area contributed by atoms with Gasteiger partial charge in [0.1, 0.15) is 5.01 Å². The molecule has 0 aliphatic carbocycles. The molecule has 0 saturated carbocycles. The molecule has 0 unspecified atom stereocenters. The molecular weight excluding hydrogens is 288 g/mol. The average molecular weight is 304 g/mol. The van der Waals surface area contributed by atoms with Gasteiger partial charge in [0, 0.05) is 30.7 Å². The van der Waals surface area contributed by atoms with E-state index in [-0.39, 0.29) is 0 Å². The molecule has 0 fully saturated rings. The molecule has 108 valence electrons. The zero-order valence-corrected chi connectivity index (χ0v) is 13.4. The van der Waals surface area contributed by atoms with Gasteiger partial charge in [0.25, 0.3) is 0 Å². The van der Waals surface area contributed by atoms with E-state index in [9.17, 15) is 0 Å². The first-order valence-corrected chi connectivity index (χ1v) is 8.10. The van der Waals surface area contributed by atoms with E-state index in [1.165, 1.54) is 26.7 Å². The summed E-state index contributed by atoms with van der Waals surface area (Å²) in [4.78, 5) is 6.92. The fourth-order valence-electron chi connectivity index (χ4n) is 2.68. The molecule has 22 heavy (non-hydrogen) atoms. The second-order valence-corrected chi connectivity index (χ2v) is 6.59. The number of aromatic nitrogens is 1. The van der Waals surface area contributed by atoms with Crippen molar-refractivity contribution in [2.24, 2.45) is 0 Å². The van der Waals surface area contributed by atoms with Gasteiger partial charge in [-0.1, -0.05) is 30.3 Å². The standard InChI is InChI=1S/C19H16N2S/c1-21(2)15-10-7-14(8-11-15)19-20-17-12-9-13-5-3-4-6-16(13)18(17)22-19/h3-12H,1-2H3. The third kappa shape index (κ3) is 2.14. The Hall–Kier alpha value is -2.39. The highest BCUT2D eigenvalue weighted by molar-refractivity contribution is 7.22. The minimum atomic E-state index is 1.08. The number of hydrogen-bond acceptors (Lipinski definition) is 3. The van der Waals surface area contributed by atoms with Crippen LogP contribution in [0.5, 0.6) is 0 Å². The second kappa shape index (κ2) is 5.11. The highest BCUT2D eigenvalue weighted by Gasteiger charge is 2.09. The number of fused-ring (bicyclic) bond motifs is 3. The molecule has 1 aromatic heterocycles. The van der Waals surface area contributed by atoms with E-state index in [2.05, 4.69) is 79.7 Å². The third-order valence-corrected chi connectivity index (χ3v) is 5.06. The predicted octanol–water partition coefficient (Wildman–Crippen LogP) is 5.18. The van der Waals surface area contributed by atoms with Crippen LogP contribution in [0.3, 0.4) is 0 Å². The van der Waals surface area contributed by atoms with E-state index in [1.807, 2.05) is 0 Å². The smallest absolute Gasteiger partial charge is 0.124 e. The van der Waals surface area contributed by atoms with Crippen LogP contribution in [0.1, 0.15) is 0 Å². The molecule has 0 N–H and O–H groups in total. The van der Waals surface area contributed by atoms with Crippen molar-refractivity contribution in [3.05, 3.63) is 60.7 Å². The van der Waals surface area contributed by atoms with Gasteiger partial charge in [-0.25, -0.2) is 4.98 Å². The van der Waals surface area contributed by atoms with Gasteiger partial charge in [-0.2, -0.15) is 0 Å². The summed E-state index contributed by atoms with van der Waals surface area (Å²) in [6.45, 7) is 0. The Morgan fingerprint density at radius 1 is 0.864 bits per heavy atom. The first-order chi connectivity index (χ1) is 10.7. The van der Waals surface area contributed by atoms with Crippen LogP contribution in [-0.2, 0) is 0 Å². The van der Waals surface area contributed by atoms with Gasteiger partial charge in [0.2, 0.25) is 0 Å². The van der Waals surface area contributed by atoms with Crippen LogP contribution in [0.2, 0.25) is 0 Å². The van der Waals surface area contributed by atoms with Crippen LogP contribution in [0, 0.1) is 0 Å². The minimum absolute atomic E-state index is 1.08. The molecule has 3 aromatic carbocycles. The number of hydrogen-bond donors (Lipinski definition) is 0. The normalized spacial score (nSPS) is 11.2. The number of rotatable bonds is 2. The van der Waals surface area contributed by atoms with E-state index in [0.29, 0.717) is 0 Å². The summed E-state index contributed by atoms with van der Waals surface area (Å²) in [6, 6.07) is 21.3. The van der Waals surface area contributed by atoms with Gasteiger partial charge in [0.15, 0.2) is 0 Å². The maximum atomic E-state index is 4.81. The Labute approximate surface area is 133 Å². The summed E-state index contributed by atoms with van der Waals surface area (Å²) in [7, 11) is 4.11. The maximum Gasteiger partial charge on any atom is 0.124 e. The molecule has 0 aliphatic rings. The quantitative estimate of drug-likeness (QED) is 0.507. The summed E-state index contributed by atoms with van der Waals surface area (Å²) in [5, 5.41) is 3.64. The minimum Gasteiger partial charge on any atom is -0.378 e. The van der Waals surface area contributed by atoms with Crippen molar-refractivity contribution >= 4 is 38.0 Å². The van der Waals surface area contributed by atoms with Gasteiger partial charge >= 0.3 is 0 Å². The maximum absolute atomic E-state index is 4.81. The van der Waals surface area contributed by atoms with Crippen molar-refractivity contribution in [1.82, 2.24) is 4.98 Å². The van der Waals surface area contributed by atoms with Crippen molar-refractivity contribution in [3.63, 3.8) is 0 Å². The van der Waals surface area contributed by atoms with Gasteiger partial charge in [-0.15, -0.1) is 11.3 Å². The van der Waals surface area contributed by atoms with Crippen LogP contribution in [-0.4, -0.2) is 19.1 Å². The Morgan fingerprint density at radius 2 is 1.64 bits per heavy atom. The molecule has 1 heterocycles. The zero-order chi connectivity index (χ0) is 15.1. The Bertz CT molecular complexity index is 952. The largest absolute Gasteiger partial charge is 0.378 e. The monoisotopic (exact) mass is 304 g/mol. The lowest BCUT2D eigenvalue weighted by Crippen LogP contribution is -2.07. The molecule has 2 nitrogen and oxygen atoms in total. The highest BCUT2D eigenvalue weighted by atomic mass is 32.1. The zero-order valence-electron chi connectivity index (χ0n) is 12.6. The molecule has 0 spiro atoms. The topological polar surface area (TPSA) is 16.1 Å². The Morgan fingerprint density at radius 3 is 2.41 bits per heavy atom. The number of benzene rings is 3. The second-order valence-electron chi connectivity index (χ2n) is 5.60. The van der Waals surface area contributed by atoms with Crippen LogP contribution in [0.15, 0.2) is 60.7 Å². The lowest BCUT2D eigenvalue weighted by Gasteiger charge is -2.11. The predicted molar refractivity (Wildman–Crippen MR) is 96.9 cm³/mol. The van der Waals surface area contributed by atoms with E-state index >= 15 is 0 Å². The van der Waals surface area contributed by atoms with Crippen molar-refractivity contribution in [1.29, 1.82) is 0 Å². The lowest BCUT2D eigenvalue weighted by molar-refractivity contribution is 1.13. The molecule has 0 aliphatic heterocycles. The average Bonchev–Trinajstić information content (AvgIpc) is 2.99. The lowest BCUT2D eigenvalue weighted by atomic mass is 10.1. The molecule has 4 aromatic rings. The summed E-state index contributed by atoms with van der Waals surface area (Å²) in [5.74, 6) is 0. The van der Waals surface area contributed by atoms with E-state index in [4.69, 9.17) is 4.98 Å². The molecule has 0 amide bonds. The van der Waals surface area contributed by atoms with Crippen molar-refractivity contribution in [3.8, 4) is 10.6 Å². The van der Waals surface area contributed by atoms with Crippen LogP contribution >= 0.6 is 11.3 Å². The fourth-order valence-corrected chi connectivity index (χ4v) is 3.79. The van der Waals surface area contributed by atoms with Gasteiger partial charge in [0.05, 0.1) is 10.2 Å². The van der Waals surface area contributed by atoms with Crippen molar-refractivity contribution < 1.29 is 0 Å². The third-order valence-electron chi connectivity index (χ3n) is 3.91. The number of anilines is 1. The molecule has 0 atom stereocenters. The molecule has 0 saturated heterocycles. The summed E-state index contributed by atoms with van der Waals surface area (Å²) in [6.07, 6.45) is 0. The van der Waals surface area contributed by atoms with Gasteiger partial charge < -0.3 is 4.90 Å². The summed E-state index contributed by atoms with van der Waals surface area (Å²) in [5.41, 5.74) is 3.46. The van der Waals surface area contributed by atoms with Crippen LogP contribution < -0.4 is 4.90 Å². The first-order valence-electron chi connectivity index (χ1n) is 7.28. The van der Waals surface area contributed by atoms with E-state index in [1.54, 1.807) is 11.3 Å². The Kier molecular flexibility index (Phi) is 3.09. The highest BCUT2D eigenvalue weighted by Crippen LogP contribution is 2.35. The number of thiazole rings is 1. The van der Waals surface area contributed by atoms with Gasteiger partial charge in [-0.3, -0.25) is 0 Å². The van der Waals surface area contributed by atoms with Crippen LogP contribution in [0.25, 0.3) is 31.6 Å².